The fourth-order valence-electron chi connectivity index (χ4n) is 2.79. The first kappa shape index (κ1) is 12.4. The minimum absolute atomic E-state index is 0.200. The summed E-state index contributed by atoms with van der Waals surface area (Å²) in [5, 5.41) is 0. The van der Waals surface area contributed by atoms with Crippen LogP contribution in [-0.2, 0) is 11.2 Å². The van der Waals surface area contributed by atoms with Crippen molar-refractivity contribution in [1.29, 1.82) is 0 Å². The molecule has 2 atom stereocenters. The molecule has 0 spiro atoms. The molecule has 2 heteroatoms. The molecule has 2 nitrogen and oxygen atoms in total. The molecule has 1 aliphatic carbocycles. The lowest BCUT2D eigenvalue weighted by molar-refractivity contribution is -0.126. The van der Waals surface area contributed by atoms with Crippen LogP contribution in [0.5, 0.6) is 0 Å². The third-order valence-corrected chi connectivity index (χ3v) is 4.05. The van der Waals surface area contributed by atoms with Crippen molar-refractivity contribution in [2.24, 2.45) is 17.3 Å². The summed E-state index contributed by atoms with van der Waals surface area (Å²) in [6.45, 7) is 6.84. The van der Waals surface area contributed by atoms with E-state index in [4.69, 9.17) is 4.42 Å². The molecule has 0 saturated heterocycles. The zero-order valence-corrected chi connectivity index (χ0v) is 11.0. The van der Waals surface area contributed by atoms with Crippen LogP contribution in [0.3, 0.4) is 0 Å². The van der Waals surface area contributed by atoms with Crippen molar-refractivity contribution in [3.63, 3.8) is 0 Å². The zero-order valence-electron chi connectivity index (χ0n) is 11.0. The van der Waals surface area contributed by atoms with Crippen LogP contribution in [0.1, 0.15) is 45.6 Å². The average Bonchev–Trinajstić information content (AvgIpc) is 2.72. The van der Waals surface area contributed by atoms with E-state index in [9.17, 15) is 4.79 Å². The van der Waals surface area contributed by atoms with Crippen LogP contribution in [0.15, 0.2) is 23.0 Å². The van der Waals surface area contributed by atoms with Gasteiger partial charge in [-0.2, -0.15) is 0 Å². The van der Waals surface area contributed by atoms with Crippen LogP contribution in [0.2, 0.25) is 0 Å². The Morgan fingerprint density at radius 1 is 1.41 bits per heavy atom. The maximum absolute atomic E-state index is 12.0. The summed E-state index contributed by atoms with van der Waals surface area (Å²) in [6, 6.07) is 1.97. The molecule has 1 saturated carbocycles. The Hall–Kier alpha value is -1.05. The molecule has 0 radical (unpaired) electrons. The summed E-state index contributed by atoms with van der Waals surface area (Å²) in [5.41, 5.74) is 1.47. The summed E-state index contributed by atoms with van der Waals surface area (Å²) in [6.07, 6.45) is 7.14. The number of carbonyl (C=O) groups excluding carboxylic acids is 1. The van der Waals surface area contributed by atoms with E-state index >= 15 is 0 Å². The second-order valence-electron chi connectivity index (χ2n) is 6.34. The summed E-state index contributed by atoms with van der Waals surface area (Å²) in [7, 11) is 0. The summed E-state index contributed by atoms with van der Waals surface area (Å²) >= 11 is 0. The fraction of sp³-hybridized carbons (Fsp3) is 0.667. The molecular weight excluding hydrogens is 212 g/mol. The quantitative estimate of drug-likeness (QED) is 0.778. The molecule has 1 aliphatic rings. The van der Waals surface area contributed by atoms with E-state index in [-0.39, 0.29) is 5.92 Å². The summed E-state index contributed by atoms with van der Waals surface area (Å²) in [5.74, 6) is 1.30. The van der Waals surface area contributed by atoms with Crippen molar-refractivity contribution in [1.82, 2.24) is 0 Å². The van der Waals surface area contributed by atoms with Crippen LogP contribution in [0.25, 0.3) is 0 Å². The van der Waals surface area contributed by atoms with Crippen molar-refractivity contribution in [3.05, 3.63) is 24.2 Å². The van der Waals surface area contributed by atoms with Crippen LogP contribution >= 0.6 is 0 Å². The number of rotatable bonds is 2. The first-order valence-electron chi connectivity index (χ1n) is 6.50. The number of furan rings is 1. The highest BCUT2D eigenvalue weighted by molar-refractivity contribution is 5.82. The van der Waals surface area contributed by atoms with Crippen molar-refractivity contribution < 1.29 is 9.21 Å². The van der Waals surface area contributed by atoms with Gasteiger partial charge in [-0.05, 0) is 42.2 Å². The van der Waals surface area contributed by atoms with Crippen LogP contribution in [0, 0.1) is 17.3 Å². The van der Waals surface area contributed by atoms with Gasteiger partial charge in [-0.3, -0.25) is 4.79 Å². The Labute approximate surface area is 103 Å². The van der Waals surface area contributed by atoms with Gasteiger partial charge in [0.25, 0.3) is 0 Å². The lowest BCUT2D eigenvalue weighted by atomic mass is 9.68. The number of hydrogen-bond acceptors (Lipinski definition) is 2. The predicted octanol–water partition coefficient (Wildman–Crippen LogP) is 3.85. The van der Waals surface area contributed by atoms with Crippen LogP contribution in [-0.4, -0.2) is 5.78 Å². The molecular formula is C15H22O2. The SMILES string of the molecule is CC(C)(C)C1CCC(=O)C(Cc2ccoc2)C1. The lowest BCUT2D eigenvalue weighted by Gasteiger charge is -2.36. The Bertz CT molecular complexity index is 370. The zero-order chi connectivity index (χ0) is 12.5. The minimum atomic E-state index is 0.200. The summed E-state index contributed by atoms with van der Waals surface area (Å²) in [4.78, 5) is 12.0. The average molecular weight is 234 g/mol. The van der Waals surface area contributed by atoms with E-state index in [1.54, 1.807) is 12.5 Å². The van der Waals surface area contributed by atoms with Gasteiger partial charge in [0.15, 0.2) is 0 Å². The first-order valence-corrected chi connectivity index (χ1v) is 6.50. The molecule has 1 aromatic rings. The van der Waals surface area contributed by atoms with Crippen molar-refractivity contribution in [3.8, 4) is 0 Å². The maximum atomic E-state index is 12.0. The van der Waals surface area contributed by atoms with Gasteiger partial charge in [0.05, 0.1) is 12.5 Å². The third kappa shape index (κ3) is 2.99. The smallest absolute Gasteiger partial charge is 0.136 e. The molecule has 1 fully saturated rings. The predicted molar refractivity (Wildman–Crippen MR) is 67.7 cm³/mol. The molecule has 2 rings (SSSR count). The molecule has 1 heterocycles. The van der Waals surface area contributed by atoms with E-state index in [1.165, 1.54) is 0 Å². The van der Waals surface area contributed by atoms with Gasteiger partial charge in [-0.15, -0.1) is 0 Å². The highest BCUT2D eigenvalue weighted by Crippen LogP contribution is 2.39. The Balaban J connectivity index is 2.03. The lowest BCUT2D eigenvalue weighted by Crippen LogP contribution is -2.32. The molecule has 0 amide bonds. The molecule has 2 unspecified atom stereocenters. The molecule has 94 valence electrons. The first-order chi connectivity index (χ1) is 7.97. The molecule has 0 bridgehead atoms. The van der Waals surface area contributed by atoms with Crippen molar-refractivity contribution in [2.75, 3.05) is 0 Å². The van der Waals surface area contributed by atoms with E-state index < -0.39 is 0 Å². The topological polar surface area (TPSA) is 30.2 Å². The van der Waals surface area contributed by atoms with Gasteiger partial charge in [0.2, 0.25) is 0 Å². The van der Waals surface area contributed by atoms with Gasteiger partial charge >= 0.3 is 0 Å². The Morgan fingerprint density at radius 2 is 2.18 bits per heavy atom. The summed E-state index contributed by atoms with van der Waals surface area (Å²) < 4.78 is 5.07. The van der Waals surface area contributed by atoms with E-state index in [1.807, 2.05) is 6.07 Å². The molecule has 0 aliphatic heterocycles. The number of Topliss-reactive ketones (excluding diaryl/α,β-unsaturated/α-hetero) is 1. The van der Waals surface area contributed by atoms with Gasteiger partial charge in [-0.25, -0.2) is 0 Å². The fourth-order valence-corrected chi connectivity index (χ4v) is 2.79. The second kappa shape index (κ2) is 4.67. The molecule has 17 heavy (non-hydrogen) atoms. The van der Waals surface area contributed by atoms with Gasteiger partial charge in [0, 0.05) is 12.3 Å². The van der Waals surface area contributed by atoms with E-state index in [2.05, 4.69) is 20.8 Å². The number of hydrogen-bond donors (Lipinski definition) is 0. The third-order valence-electron chi connectivity index (χ3n) is 4.05. The van der Waals surface area contributed by atoms with Gasteiger partial charge < -0.3 is 4.42 Å². The second-order valence-corrected chi connectivity index (χ2v) is 6.34. The van der Waals surface area contributed by atoms with Crippen LogP contribution < -0.4 is 0 Å². The largest absolute Gasteiger partial charge is 0.472 e. The molecule has 0 N–H and O–H groups in total. The van der Waals surface area contributed by atoms with Gasteiger partial charge in [-0.1, -0.05) is 20.8 Å². The van der Waals surface area contributed by atoms with E-state index in [0.717, 1.165) is 31.2 Å². The normalized spacial score (nSPS) is 26.2. The van der Waals surface area contributed by atoms with Crippen LogP contribution in [0.4, 0.5) is 0 Å². The Morgan fingerprint density at radius 3 is 2.76 bits per heavy atom. The maximum Gasteiger partial charge on any atom is 0.136 e. The molecule has 0 aromatic carbocycles. The number of ketones is 1. The van der Waals surface area contributed by atoms with Crippen molar-refractivity contribution in [2.45, 2.75) is 46.5 Å². The number of carbonyl (C=O) groups is 1. The monoisotopic (exact) mass is 234 g/mol. The minimum Gasteiger partial charge on any atom is -0.472 e. The van der Waals surface area contributed by atoms with Gasteiger partial charge in [0.1, 0.15) is 5.78 Å². The van der Waals surface area contributed by atoms with E-state index in [0.29, 0.717) is 17.1 Å². The standard InChI is InChI=1S/C15H22O2/c1-15(2,3)13-4-5-14(16)12(9-13)8-11-6-7-17-10-11/h6-7,10,12-13H,4-5,8-9H2,1-3H3. The highest BCUT2D eigenvalue weighted by atomic mass is 16.3. The molecule has 1 aromatic heterocycles. The highest BCUT2D eigenvalue weighted by Gasteiger charge is 2.34. The Kier molecular flexibility index (Phi) is 3.41. The van der Waals surface area contributed by atoms with Crippen molar-refractivity contribution >= 4 is 5.78 Å².